The summed E-state index contributed by atoms with van der Waals surface area (Å²) in [7, 11) is 0. The van der Waals surface area contributed by atoms with E-state index < -0.39 is 5.60 Å². The zero-order valence-electron chi connectivity index (χ0n) is 10.6. The van der Waals surface area contributed by atoms with Gasteiger partial charge in [-0.05, 0) is 38.1 Å². The Labute approximate surface area is 111 Å². The Hall–Kier alpha value is -2.79. The Morgan fingerprint density at radius 3 is 2.74 bits per heavy atom. The zero-order chi connectivity index (χ0) is 14.0. The van der Waals surface area contributed by atoms with Crippen LogP contribution < -0.4 is 10.5 Å². The highest BCUT2D eigenvalue weighted by Crippen LogP contribution is 2.37. The molecule has 0 saturated carbocycles. The molecule has 1 heterocycles. The quantitative estimate of drug-likeness (QED) is 0.610. The first kappa shape index (κ1) is 12.7. The van der Waals surface area contributed by atoms with Crippen LogP contribution in [0.15, 0.2) is 29.3 Å². The minimum absolute atomic E-state index is 0.128. The van der Waals surface area contributed by atoms with Crippen molar-refractivity contribution in [2.45, 2.75) is 19.4 Å². The van der Waals surface area contributed by atoms with E-state index in [1.54, 1.807) is 30.3 Å². The minimum Gasteiger partial charge on any atom is -0.483 e. The molecule has 94 valence electrons. The van der Waals surface area contributed by atoms with Crippen LogP contribution in [0.5, 0.6) is 5.75 Å². The molecule has 0 unspecified atom stereocenters. The first-order chi connectivity index (χ1) is 8.95. The predicted octanol–water partition coefficient (Wildman–Crippen LogP) is 1.95. The Kier molecular flexibility index (Phi) is 2.98. The van der Waals surface area contributed by atoms with Gasteiger partial charge in [0.1, 0.15) is 17.4 Å². The Morgan fingerprint density at radius 1 is 1.37 bits per heavy atom. The number of rotatable bonds is 1. The van der Waals surface area contributed by atoms with Crippen LogP contribution in [-0.2, 0) is 0 Å². The van der Waals surface area contributed by atoms with E-state index in [1.165, 1.54) is 0 Å². The third-order valence-corrected chi connectivity index (χ3v) is 2.60. The monoisotopic (exact) mass is 252 g/mol. The first-order valence-electron chi connectivity index (χ1n) is 5.66. The number of fused-ring (bicyclic) bond motifs is 1. The van der Waals surface area contributed by atoms with Gasteiger partial charge in [0.2, 0.25) is 5.84 Å². The van der Waals surface area contributed by atoms with Gasteiger partial charge < -0.3 is 10.5 Å². The molecule has 0 amide bonds. The van der Waals surface area contributed by atoms with Crippen LogP contribution >= 0.6 is 0 Å². The van der Waals surface area contributed by atoms with Gasteiger partial charge in [0.25, 0.3) is 0 Å². The van der Waals surface area contributed by atoms with Crippen LogP contribution in [0.4, 0.5) is 0 Å². The molecule has 0 atom stereocenters. The number of benzene rings is 1. The Balaban J connectivity index is 2.62. The number of hydrogen-bond acceptors (Lipinski definition) is 4. The fraction of sp³-hybridized carbons (Fsp3) is 0.214. The van der Waals surface area contributed by atoms with Crippen molar-refractivity contribution in [3.8, 4) is 17.9 Å². The number of nitrogens with two attached hydrogens (primary N) is 1. The average Bonchev–Trinajstić information content (AvgIpc) is 2.37. The standard InChI is InChI=1S/C14H12N4O/c1-14(2)6-11(18-13(17)8-16)10-5-9(7-15)3-4-12(10)19-14/h3-6H,1-2H3,(H2,17,18). The van der Waals surface area contributed by atoms with Crippen molar-refractivity contribution in [1.29, 1.82) is 10.5 Å². The maximum atomic E-state index is 8.93. The highest BCUT2D eigenvalue weighted by atomic mass is 16.5. The molecule has 1 aliphatic heterocycles. The summed E-state index contributed by atoms with van der Waals surface area (Å²) in [6, 6.07) is 8.91. The molecule has 0 aromatic heterocycles. The lowest BCUT2D eigenvalue weighted by Gasteiger charge is -2.29. The van der Waals surface area contributed by atoms with Gasteiger partial charge >= 0.3 is 0 Å². The summed E-state index contributed by atoms with van der Waals surface area (Å²) in [6.45, 7) is 3.76. The third-order valence-electron chi connectivity index (χ3n) is 2.60. The predicted molar refractivity (Wildman–Crippen MR) is 71.1 cm³/mol. The highest BCUT2D eigenvalue weighted by Gasteiger charge is 2.26. The molecule has 1 aromatic rings. The third kappa shape index (κ3) is 2.56. The molecule has 0 spiro atoms. The van der Waals surface area contributed by atoms with E-state index in [1.807, 2.05) is 13.8 Å². The summed E-state index contributed by atoms with van der Waals surface area (Å²) >= 11 is 0. The number of nitrogens with zero attached hydrogens (tertiary/aromatic N) is 3. The van der Waals surface area contributed by atoms with Crippen LogP contribution in [0.1, 0.15) is 25.0 Å². The molecule has 5 heteroatoms. The molecule has 1 aliphatic rings. The van der Waals surface area contributed by atoms with Gasteiger partial charge in [-0.1, -0.05) is 0 Å². The van der Waals surface area contributed by atoms with Crippen molar-refractivity contribution in [3.05, 3.63) is 35.4 Å². The molecular weight excluding hydrogens is 240 g/mol. The van der Waals surface area contributed by atoms with Crippen LogP contribution in [0, 0.1) is 22.7 Å². The van der Waals surface area contributed by atoms with E-state index >= 15 is 0 Å². The van der Waals surface area contributed by atoms with Crippen LogP contribution in [0.3, 0.4) is 0 Å². The molecule has 0 radical (unpaired) electrons. The molecule has 5 nitrogen and oxygen atoms in total. The summed E-state index contributed by atoms with van der Waals surface area (Å²) in [4.78, 5) is 4.07. The first-order valence-corrected chi connectivity index (χ1v) is 5.66. The molecule has 0 bridgehead atoms. The van der Waals surface area contributed by atoms with Gasteiger partial charge in [0.15, 0.2) is 0 Å². The van der Waals surface area contributed by atoms with E-state index in [2.05, 4.69) is 11.1 Å². The maximum absolute atomic E-state index is 8.93. The largest absolute Gasteiger partial charge is 0.483 e. The summed E-state index contributed by atoms with van der Waals surface area (Å²) < 4.78 is 5.79. The van der Waals surface area contributed by atoms with Crippen molar-refractivity contribution >= 4 is 11.5 Å². The topological polar surface area (TPSA) is 95.2 Å². The van der Waals surface area contributed by atoms with E-state index in [0.29, 0.717) is 22.6 Å². The van der Waals surface area contributed by atoms with Gasteiger partial charge in [0, 0.05) is 5.56 Å². The van der Waals surface area contributed by atoms with Crippen LogP contribution in [0.25, 0.3) is 5.70 Å². The molecule has 1 aromatic carbocycles. The molecule has 2 N–H and O–H groups in total. The fourth-order valence-electron chi connectivity index (χ4n) is 1.86. The fourth-order valence-corrected chi connectivity index (χ4v) is 1.86. The molecule has 0 fully saturated rings. The number of amidine groups is 1. The number of ether oxygens (including phenoxy) is 1. The second-order valence-electron chi connectivity index (χ2n) is 4.67. The summed E-state index contributed by atoms with van der Waals surface area (Å²) in [5.41, 5.74) is 6.62. The molecule has 2 rings (SSSR count). The average molecular weight is 252 g/mol. The summed E-state index contributed by atoms with van der Waals surface area (Å²) in [5.74, 6) is 0.494. The van der Waals surface area contributed by atoms with E-state index in [9.17, 15) is 0 Å². The summed E-state index contributed by atoms with van der Waals surface area (Å²) in [6.07, 6.45) is 1.78. The second-order valence-corrected chi connectivity index (χ2v) is 4.67. The van der Waals surface area contributed by atoms with Gasteiger partial charge in [-0.25, -0.2) is 4.99 Å². The van der Waals surface area contributed by atoms with E-state index in [-0.39, 0.29) is 5.84 Å². The van der Waals surface area contributed by atoms with Crippen LogP contribution in [0.2, 0.25) is 0 Å². The van der Waals surface area contributed by atoms with Gasteiger partial charge in [0.05, 0.1) is 17.3 Å². The number of nitriles is 2. The van der Waals surface area contributed by atoms with Gasteiger partial charge in [-0.2, -0.15) is 10.5 Å². The number of aliphatic imine (C=N–C) groups is 1. The second kappa shape index (κ2) is 4.47. The SMILES string of the molecule is CC1(C)C=C(N=C(N)C#N)c2cc(C#N)ccc2O1. The van der Waals surface area contributed by atoms with Crippen molar-refractivity contribution < 1.29 is 4.74 Å². The Bertz CT molecular complexity index is 672. The van der Waals surface area contributed by atoms with E-state index in [0.717, 1.165) is 0 Å². The zero-order valence-corrected chi connectivity index (χ0v) is 10.6. The Morgan fingerprint density at radius 2 is 2.11 bits per heavy atom. The maximum Gasteiger partial charge on any atom is 0.203 e. The van der Waals surface area contributed by atoms with Gasteiger partial charge in [-0.15, -0.1) is 0 Å². The lowest BCUT2D eigenvalue weighted by molar-refractivity contribution is 0.158. The number of hydrogen-bond donors (Lipinski definition) is 1. The smallest absolute Gasteiger partial charge is 0.203 e. The van der Waals surface area contributed by atoms with Crippen LogP contribution in [-0.4, -0.2) is 11.4 Å². The highest BCUT2D eigenvalue weighted by molar-refractivity contribution is 5.99. The van der Waals surface area contributed by atoms with Crippen molar-refractivity contribution in [2.24, 2.45) is 10.7 Å². The summed E-state index contributed by atoms with van der Waals surface area (Å²) in [5, 5.41) is 17.7. The van der Waals surface area contributed by atoms with Crippen molar-refractivity contribution in [2.75, 3.05) is 0 Å². The van der Waals surface area contributed by atoms with Crippen molar-refractivity contribution in [3.63, 3.8) is 0 Å². The molecular formula is C14H12N4O. The molecule has 0 aliphatic carbocycles. The minimum atomic E-state index is -0.546. The molecule has 0 saturated heterocycles. The lowest BCUT2D eigenvalue weighted by atomic mass is 9.98. The van der Waals surface area contributed by atoms with E-state index in [4.69, 9.17) is 21.0 Å². The normalized spacial score (nSPS) is 16.4. The van der Waals surface area contributed by atoms with Crippen molar-refractivity contribution in [1.82, 2.24) is 0 Å². The molecule has 19 heavy (non-hydrogen) atoms. The van der Waals surface area contributed by atoms with Gasteiger partial charge in [-0.3, -0.25) is 0 Å². The lowest BCUT2D eigenvalue weighted by Crippen LogP contribution is -2.29.